The second kappa shape index (κ2) is 15.6. The first-order valence-electron chi connectivity index (χ1n) is 16.8. The Morgan fingerprint density at radius 1 is 1.06 bits per heavy atom. The monoisotopic (exact) mass is 685 g/mol. The van der Waals surface area contributed by atoms with Crippen LogP contribution >= 0.6 is 0 Å². The summed E-state index contributed by atoms with van der Waals surface area (Å²) >= 11 is 0. The number of aromatic amines is 1. The normalized spacial score (nSPS) is 15.2. The van der Waals surface area contributed by atoms with E-state index in [4.69, 9.17) is 15.9 Å². The van der Waals surface area contributed by atoms with Crippen molar-refractivity contribution in [1.82, 2.24) is 20.2 Å². The summed E-state index contributed by atoms with van der Waals surface area (Å²) < 4.78 is 11.1. The van der Waals surface area contributed by atoms with Crippen LogP contribution in [0.1, 0.15) is 89.0 Å². The van der Waals surface area contributed by atoms with E-state index in [1.165, 1.54) is 4.90 Å². The van der Waals surface area contributed by atoms with E-state index < -0.39 is 41.1 Å². The summed E-state index contributed by atoms with van der Waals surface area (Å²) in [5.74, 6) is 1.25. The molecule has 2 atom stereocenters. The second-order valence-electron chi connectivity index (χ2n) is 14.5. The minimum atomic E-state index is -1.11. The fourth-order valence-electron chi connectivity index (χ4n) is 5.75. The van der Waals surface area contributed by atoms with Crippen molar-refractivity contribution in [3.63, 3.8) is 0 Å². The summed E-state index contributed by atoms with van der Waals surface area (Å²) in [6.07, 6.45) is 6.74. The number of ether oxygens (including phenoxy) is 2. The van der Waals surface area contributed by atoms with Gasteiger partial charge in [-0.05, 0) is 110 Å². The van der Waals surface area contributed by atoms with Gasteiger partial charge in [0.15, 0.2) is 0 Å². The number of fused-ring (bicyclic) bond motifs is 1. The van der Waals surface area contributed by atoms with E-state index in [9.17, 15) is 24.0 Å². The Kier molecular flexibility index (Phi) is 11.7. The molecule has 4 rings (SSSR count). The maximum atomic E-state index is 13.4. The Bertz CT molecular complexity index is 1830. The van der Waals surface area contributed by atoms with Gasteiger partial charge in [0, 0.05) is 30.8 Å². The number of hydrogen-bond acceptors (Lipinski definition) is 9. The Labute approximate surface area is 292 Å². The SMILES string of the molecule is C#CCN(Cc1ccc2nc(C)[nH]c(=O)c2c1)c1ccc(C(=O)N[C@@H](CCC(=O)N2CCC[C@H]2C(=O)OC(C)(C)C)C(=O)OC(C)(C)C)cc1. The number of hydrogen-bond donors (Lipinski definition) is 2. The molecule has 12 heteroatoms. The zero-order chi connectivity index (χ0) is 36.8. The van der Waals surface area contributed by atoms with E-state index in [0.717, 1.165) is 11.3 Å². The van der Waals surface area contributed by atoms with Crippen molar-refractivity contribution in [3.8, 4) is 12.3 Å². The van der Waals surface area contributed by atoms with Crippen LogP contribution in [0.25, 0.3) is 10.9 Å². The highest BCUT2D eigenvalue weighted by atomic mass is 16.6. The Balaban J connectivity index is 1.46. The number of nitrogens with zero attached hydrogens (tertiary/aromatic N) is 3. The van der Waals surface area contributed by atoms with E-state index in [2.05, 4.69) is 21.2 Å². The van der Waals surface area contributed by atoms with E-state index in [0.29, 0.717) is 42.7 Å². The number of terminal acetylenes is 1. The highest BCUT2D eigenvalue weighted by Crippen LogP contribution is 2.24. The van der Waals surface area contributed by atoms with Gasteiger partial charge in [0.05, 0.1) is 17.4 Å². The third kappa shape index (κ3) is 10.2. The fourth-order valence-corrected chi connectivity index (χ4v) is 5.75. The number of amides is 2. The minimum Gasteiger partial charge on any atom is -0.458 e. The first kappa shape index (κ1) is 37.6. The maximum Gasteiger partial charge on any atom is 0.329 e. The smallest absolute Gasteiger partial charge is 0.329 e. The fraction of sp³-hybridized carbons (Fsp3) is 0.474. The topological polar surface area (TPSA) is 151 Å². The quantitative estimate of drug-likeness (QED) is 0.221. The highest BCUT2D eigenvalue weighted by molar-refractivity contribution is 5.97. The van der Waals surface area contributed by atoms with Gasteiger partial charge in [0.2, 0.25) is 5.91 Å². The van der Waals surface area contributed by atoms with Crippen LogP contribution in [0, 0.1) is 19.3 Å². The van der Waals surface area contributed by atoms with E-state index in [1.54, 1.807) is 84.9 Å². The van der Waals surface area contributed by atoms with Crippen molar-refractivity contribution in [1.29, 1.82) is 0 Å². The third-order valence-corrected chi connectivity index (χ3v) is 7.93. The lowest BCUT2D eigenvalue weighted by molar-refractivity contribution is -0.163. The molecule has 1 fully saturated rings. The number of aromatic nitrogens is 2. The molecule has 266 valence electrons. The van der Waals surface area contributed by atoms with Gasteiger partial charge in [0.1, 0.15) is 29.1 Å². The van der Waals surface area contributed by atoms with Gasteiger partial charge in [-0.2, -0.15) is 0 Å². The molecule has 2 aromatic carbocycles. The summed E-state index contributed by atoms with van der Waals surface area (Å²) in [4.78, 5) is 75.7. The number of aryl methyl sites for hydroxylation is 1. The zero-order valence-electron chi connectivity index (χ0n) is 29.9. The first-order chi connectivity index (χ1) is 23.4. The number of likely N-dealkylation sites (tertiary alicyclic amines) is 1. The van der Waals surface area contributed by atoms with Crippen molar-refractivity contribution in [2.75, 3.05) is 18.0 Å². The van der Waals surface area contributed by atoms with Crippen LogP contribution in [-0.2, 0) is 30.4 Å². The van der Waals surface area contributed by atoms with Crippen molar-refractivity contribution >= 4 is 40.3 Å². The minimum absolute atomic E-state index is 0.0191. The molecule has 0 radical (unpaired) electrons. The predicted octanol–water partition coefficient (Wildman–Crippen LogP) is 4.42. The molecule has 3 aromatic rings. The average molecular weight is 686 g/mol. The lowest BCUT2D eigenvalue weighted by Crippen LogP contribution is -2.46. The lowest BCUT2D eigenvalue weighted by atomic mass is 10.1. The van der Waals surface area contributed by atoms with Crippen LogP contribution in [0.3, 0.4) is 0 Å². The molecule has 1 aliphatic heterocycles. The molecule has 1 aromatic heterocycles. The molecule has 2 heterocycles. The Morgan fingerprint density at radius 2 is 1.74 bits per heavy atom. The number of carbonyl (C=O) groups excluding carboxylic acids is 4. The van der Waals surface area contributed by atoms with Crippen molar-refractivity contribution in [2.24, 2.45) is 0 Å². The number of nitrogens with one attached hydrogen (secondary N) is 2. The molecule has 2 amide bonds. The van der Waals surface area contributed by atoms with Gasteiger partial charge in [0.25, 0.3) is 11.5 Å². The van der Waals surface area contributed by atoms with Gasteiger partial charge in [-0.3, -0.25) is 14.4 Å². The van der Waals surface area contributed by atoms with Crippen LogP contribution in [-0.4, -0.2) is 75.0 Å². The van der Waals surface area contributed by atoms with E-state index in [1.807, 2.05) is 11.0 Å². The van der Waals surface area contributed by atoms with Crippen LogP contribution < -0.4 is 15.8 Å². The number of rotatable bonds is 11. The largest absolute Gasteiger partial charge is 0.458 e. The molecule has 1 aliphatic rings. The number of H-pyrrole nitrogens is 1. The van der Waals surface area contributed by atoms with Crippen molar-refractivity contribution in [2.45, 2.75) is 104 Å². The third-order valence-electron chi connectivity index (χ3n) is 7.93. The summed E-state index contributed by atoms with van der Waals surface area (Å²) in [6, 6.07) is 10.4. The van der Waals surface area contributed by atoms with Gasteiger partial charge < -0.3 is 29.6 Å². The van der Waals surface area contributed by atoms with Gasteiger partial charge in [-0.15, -0.1) is 6.42 Å². The van der Waals surface area contributed by atoms with Crippen molar-refractivity contribution in [3.05, 3.63) is 69.8 Å². The molecule has 0 saturated carbocycles. The van der Waals surface area contributed by atoms with Crippen LogP contribution in [0.5, 0.6) is 0 Å². The molecule has 1 saturated heterocycles. The molecule has 0 aliphatic carbocycles. The zero-order valence-corrected chi connectivity index (χ0v) is 29.9. The molecule has 2 N–H and O–H groups in total. The molecular weight excluding hydrogens is 638 g/mol. The molecule has 50 heavy (non-hydrogen) atoms. The lowest BCUT2D eigenvalue weighted by Gasteiger charge is -2.28. The molecule has 0 spiro atoms. The summed E-state index contributed by atoms with van der Waals surface area (Å²) in [5.41, 5.74) is 0.762. The molecule has 0 unspecified atom stereocenters. The molecule has 0 bridgehead atoms. The predicted molar refractivity (Wildman–Crippen MR) is 190 cm³/mol. The number of benzene rings is 2. The Hall–Kier alpha value is -5.18. The van der Waals surface area contributed by atoms with Gasteiger partial charge in [-0.1, -0.05) is 12.0 Å². The Morgan fingerprint density at radius 3 is 2.38 bits per heavy atom. The average Bonchev–Trinajstić information content (AvgIpc) is 3.52. The summed E-state index contributed by atoms with van der Waals surface area (Å²) in [5, 5.41) is 3.22. The van der Waals surface area contributed by atoms with Crippen LogP contribution in [0.4, 0.5) is 5.69 Å². The van der Waals surface area contributed by atoms with Crippen LogP contribution in [0.15, 0.2) is 47.3 Å². The summed E-state index contributed by atoms with van der Waals surface area (Å²) in [7, 11) is 0. The van der Waals surface area contributed by atoms with Crippen molar-refractivity contribution < 1.29 is 28.7 Å². The maximum absolute atomic E-state index is 13.4. The number of esters is 2. The van der Waals surface area contributed by atoms with Gasteiger partial charge in [-0.25, -0.2) is 14.6 Å². The standard InChI is InChI=1S/C38H47N5O7/c1-9-20-42(23-25-12-17-29-28(22-25)34(46)40-24(2)39-29)27-15-13-26(14-16-27)33(45)41-30(35(47)49-37(3,4)5)18-19-32(44)43-21-10-11-31(43)36(48)50-38(6,7)8/h1,12-17,22,30-31H,10-11,18-21,23H2,2-8H3,(H,41,45)(H,39,40,46)/t30-,31-/m0/s1. The van der Waals surface area contributed by atoms with Crippen LogP contribution in [0.2, 0.25) is 0 Å². The van der Waals surface area contributed by atoms with E-state index in [-0.39, 0.29) is 36.4 Å². The molecular formula is C38H47N5O7. The number of anilines is 1. The highest BCUT2D eigenvalue weighted by Gasteiger charge is 2.37. The molecule has 12 nitrogen and oxygen atoms in total. The number of carbonyl (C=O) groups is 4. The second-order valence-corrected chi connectivity index (χ2v) is 14.5. The first-order valence-corrected chi connectivity index (χ1v) is 16.8. The van der Waals surface area contributed by atoms with E-state index >= 15 is 0 Å². The van der Waals surface area contributed by atoms with Gasteiger partial charge >= 0.3 is 11.9 Å². The summed E-state index contributed by atoms with van der Waals surface area (Å²) in [6.45, 7) is 13.3.